The second-order valence-electron chi connectivity index (χ2n) is 7.59. The molecule has 2 N–H and O–H groups in total. The van der Waals surface area contributed by atoms with E-state index in [-0.39, 0.29) is 24.0 Å². The van der Waals surface area contributed by atoms with Crippen LogP contribution in [0.25, 0.3) is 0 Å². The Bertz CT molecular complexity index is 623. The average molecular weight is 549 g/mol. The predicted octanol–water partition coefficient (Wildman–Crippen LogP) is 3.13. The van der Waals surface area contributed by atoms with E-state index in [9.17, 15) is 0 Å². The first-order valence-electron chi connectivity index (χ1n) is 11.2. The molecule has 0 saturated carbocycles. The first kappa shape index (κ1) is 27.9. The van der Waals surface area contributed by atoms with Crippen molar-refractivity contribution in [2.24, 2.45) is 10.9 Å². The quantitative estimate of drug-likeness (QED) is 0.181. The number of nitrogens with one attached hydrogen (secondary N) is 2. The van der Waals surface area contributed by atoms with Crippen LogP contribution < -0.4 is 15.4 Å². The summed E-state index contributed by atoms with van der Waals surface area (Å²) in [5, 5.41) is 6.98. The lowest BCUT2D eigenvalue weighted by atomic mass is 9.92. The minimum absolute atomic E-state index is 0. The topological polar surface area (TPSA) is 67.4 Å². The highest BCUT2D eigenvalue weighted by molar-refractivity contribution is 14.0. The lowest BCUT2D eigenvalue weighted by molar-refractivity contribution is 0.00272. The number of morpholine rings is 1. The van der Waals surface area contributed by atoms with Gasteiger partial charge in [0.2, 0.25) is 0 Å². The summed E-state index contributed by atoms with van der Waals surface area (Å²) in [6.45, 7) is 10.9. The van der Waals surface area contributed by atoms with E-state index in [1.54, 1.807) is 7.11 Å². The maximum absolute atomic E-state index is 5.70. The fraction of sp³-hybridized carbons (Fsp3) is 0.696. The van der Waals surface area contributed by atoms with Gasteiger partial charge in [0, 0.05) is 46.4 Å². The number of benzene rings is 1. The standard InChI is InChI=1S/C23H40N4O3.HI/c1-5-20(6-2)22(27-10-12-29-13-11-27)18-26-23(24-3)25-17-19-8-7-9-21(16-19)30-15-14-28-4;/h7-9,16,20,22H,5-6,10-15,17-18H2,1-4H3,(H2,24,25,26);1H. The first-order valence-corrected chi connectivity index (χ1v) is 11.2. The third-order valence-electron chi connectivity index (χ3n) is 5.72. The molecule has 1 aromatic carbocycles. The molecule has 1 aliphatic heterocycles. The molecule has 1 unspecified atom stereocenters. The maximum atomic E-state index is 5.70. The van der Waals surface area contributed by atoms with Gasteiger partial charge in [-0.1, -0.05) is 38.8 Å². The highest BCUT2D eigenvalue weighted by atomic mass is 127. The Balaban J connectivity index is 0.00000480. The van der Waals surface area contributed by atoms with Gasteiger partial charge in [-0.15, -0.1) is 24.0 Å². The van der Waals surface area contributed by atoms with Gasteiger partial charge in [-0.2, -0.15) is 0 Å². The molecule has 1 aromatic rings. The molecule has 7 nitrogen and oxygen atoms in total. The van der Waals surface area contributed by atoms with Crippen molar-refractivity contribution in [1.29, 1.82) is 0 Å². The lowest BCUT2D eigenvalue weighted by Gasteiger charge is -2.39. The molecule has 0 bridgehead atoms. The van der Waals surface area contributed by atoms with Crippen LogP contribution in [0.15, 0.2) is 29.3 Å². The largest absolute Gasteiger partial charge is 0.491 e. The molecule has 8 heteroatoms. The van der Waals surface area contributed by atoms with Crippen LogP contribution >= 0.6 is 24.0 Å². The van der Waals surface area contributed by atoms with Gasteiger partial charge in [0.25, 0.3) is 0 Å². The second-order valence-corrected chi connectivity index (χ2v) is 7.59. The summed E-state index contributed by atoms with van der Waals surface area (Å²) in [7, 11) is 3.50. The van der Waals surface area contributed by atoms with Crippen LogP contribution in [0.1, 0.15) is 32.3 Å². The molecule has 31 heavy (non-hydrogen) atoms. The summed E-state index contributed by atoms with van der Waals surface area (Å²) in [4.78, 5) is 6.99. The number of nitrogens with zero attached hydrogens (tertiary/aromatic N) is 2. The van der Waals surface area contributed by atoms with Crippen LogP contribution in [0.3, 0.4) is 0 Å². The van der Waals surface area contributed by atoms with Crippen molar-refractivity contribution < 1.29 is 14.2 Å². The van der Waals surface area contributed by atoms with Crippen LogP contribution in [0.4, 0.5) is 0 Å². The maximum Gasteiger partial charge on any atom is 0.191 e. The summed E-state index contributed by atoms with van der Waals surface area (Å²) >= 11 is 0. The number of methoxy groups -OCH3 is 1. The smallest absolute Gasteiger partial charge is 0.191 e. The molecule has 0 spiro atoms. The molecule has 1 saturated heterocycles. The van der Waals surface area contributed by atoms with Crippen LogP contribution in [0.5, 0.6) is 5.75 Å². The number of aliphatic imine (C=N–C) groups is 1. The van der Waals surface area contributed by atoms with Crippen molar-refractivity contribution in [3.8, 4) is 5.75 Å². The van der Waals surface area contributed by atoms with E-state index < -0.39 is 0 Å². The Labute approximate surface area is 205 Å². The van der Waals surface area contributed by atoms with E-state index in [0.29, 0.717) is 31.7 Å². The lowest BCUT2D eigenvalue weighted by Crippen LogP contribution is -2.53. The highest BCUT2D eigenvalue weighted by Crippen LogP contribution is 2.19. The van der Waals surface area contributed by atoms with E-state index >= 15 is 0 Å². The van der Waals surface area contributed by atoms with Crippen molar-refractivity contribution in [2.75, 3.05) is 60.2 Å². The van der Waals surface area contributed by atoms with E-state index in [0.717, 1.165) is 50.1 Å². The first-order chi connectivity index (χ1) is 14.7. The predicted molar refractivity (Wildman–Crippen MR) is 138 cm³/mol. The number of halogens is 1. The Morgan fingerprint density at radius 1 is 1.16 bits per heavy atom. The van der Waals surface area contributed by atoms with Crippen molar-refractivity contribution in [3.63, 3.8) is 0 Å². The van der Waals surface area contributed by atoms with Crippen molar-refractivity contribution >= 4 is 29.9 Å². The monoisotopic (exact) mass is 548 g/mol. The third kappa shape index (κ3) is 9.93. The molecular formula is C23H41IN4O3. The average Bonchev–Trinajstić information content (AvgIpc) is 2.79. The highest BCUT2D eigenvalue weighted by Gasteiger charge is 2.26. The zero-order valence-corrected chi connectivity index (χ0v) is 21.9. The Hall–Kier alpha value is -1.10. The number of guanidine groups is 1. The number of hydrogen-bond acceptors (Lipinski definition) is 5. The number of ether oxygens (including phenoxy) is 3. The van der Waals surface area contributed by atoms with Crippen molar-refractivity contribution in [3.05, 3.63) is 29.8 Å². The Kier molecular flexibility index (Phi) is 14.9. The van der Waals surface area contributed by atoms with E-state index in [4.69, 9.17) is 14.2 Å². The molecule has 0 radical (unpaired) electrons. The van der Waals surface area contributed by atoms with Gasteiger partial charge in [0.05, 0.1) is 19.8 Å². The molecule has 1 fully saturated rings. The number of rotatable bonds is 12. The summed E-state index contributed by atoms with van der Waals surface area (Å²) in [5.74, 6) is 2.34. The van der Waals surface area contributed by atoms with Crippen LogP contribution in [-0.4, -0.2) is 77.1 Å². The van der Waals surface area contributed by atoms with Gasteiger partial charge in [-0.05, 0) is 23.6 Å². The molecular weight excluding hydrogens is 507 g/mol. The van der Waals surface area contributed by atoms with Gasteiger partial charge in [0.15, 0.2) is 5.96 Å². The molecule has 0 aliphatic carbocycles. The SMILES string of the molecule is CCC(CC)C(CNC(=NC)NCc1cccc(OCCOC)c1)N1CCOCC1.I. The van der Waals surface area contributed by atoms with Gasteiger partial charge in [-0.3, -0.25) is 9.89 Å². The second kappa shape index (κ2) is 16.5. The van der Waals surface area contributed by atoms with Crippen LogP contribution in [-0.2, 0) is 16.0 Å². The van der Waals surface area contributed by atoms with Crippen molar-refractivity contribution in [1.82, 2.24) is 15.5 Å². The van der Waals surface area contributed by atoms with E-state index in [2.05, 4.69) is 46.5 Å². The zero-order chi connectivity index (χ0) is 21.6. The van der Waals surface area contributed by atoms with E-state index in [1.165, 1.54) is 12.8 Å². The molecule has 1 heterocycles. The van der Waals surface area contributed by atoms with E-state index in [1.807, 2.05) is 19.2 Å². The summed E-state index contributed by atoms with van der Waals surface area (Å²) in [6, 6.07) is 8.60. The Morgan fingerprint density at radius 3 is 2.55 bits per heavy atom. The van der Waals surface area contributed by atoms with Gasteiger partial charge in [-0.25, -0.2) is 0 Å². The summed E-state index contributed by atoms with van der Waals surface area (Å²) < 4.78 is 16.3. The minimum Gasteiger partial charge on any atom is -0.491 e. The fourth-order valence-corrected chi connectivity index (χ4v) is 3.93. The molecule has 0 amide bonds. The third-order valence-corrected chi connectivity index (χ3v) is 5.72. The molecule has 2 rings (SSSR count). The van der Waals surface area contributed by atoms with Gasteiger partial charge in [0.1, 0.15) is 12.4 Å². The van der Waals surface area contributed by atoms with Gasteiger partial charge < -0.3 is 24.8 Å². The van der Waals surface area contributed by atoms with Gasteiger partial charge >= 0.3 is 0 Å². The number of hydrogen-bond donors (Lipinski definition) is 2. The molecule has 0 aromatic heterocycles. The molecule has 178 valence electrons. The minimum atomic E-state index is 0. The fourth-order valence-electron chi connectivity index (χ4n) is 3.93. The van der Waals surface area contributed by atoms with Crippen LogP contribution in [0.2, 0.25) is 0 Å². The molecule has 1 atom stereocenters. The summed E-state index contributed by atoms with van der Waals surface area (Å²) in [6.07, 6.45) is 2.37. The van der Waals surface area contributed by atoms with Crippen LogP contribution in [0, 0.1) is 5.92 Å². The normalized spacial score (nSPS) is 16.0. The Morgan fingerprint density at radius 2 is 1.90 bits per heavy atom. The van der Waals surface area contributed by atoms with Crippen molar-refractivity contribution in [2.45, 2.75) is 39.3 Å². The zero-order valence-electron chi connectivity index (χ0n) is 19.6. The summed E-state index contributed by atoms with van der Waals surface area (Å²) in [5.41, 5.74) is 1.15. The molecule has 1 aliphatic rings.